The van der Waals surface area contributed by atoms with Gasteiger partial charge in [0, 0.05) is 45.5 Å². The Kier molecular flexibility index (Phi) is 4.99. The molecule has 2 aromatic heterocycles. The van der Waals surface area contributed by atoms with Crippen LogP contribution in [0.1, 0.15) is 42.9 Å². The van der Waals surface area contributed by atoms with Crippen molar-refractivity contribution in [2.24, 2.45) is 13.0 Å². The van der Waals surface area contributed by atoms with Gasteiger partial charge in [-0.15, -0.1) is 0 Å². The van der Waals surface area contributed by atoms with Gasteiger partial charge in [-0.05, 0) is 31.7 Å². The fourth-order valence-electron chi connectivity index (χ4n) is 3.55. The van der Waals surface area contributed by atoms with Gasteiger partial charge in [0.25, 0.3) is 0 Å². The van der Waals surface area contributed by atoms with Crippen LogP contribution in [0.3, 0.4) is 0 Å². The number of nitrogens with zero attached hydrogens (tertiary/aromatic N) is 4. The molecule has 0 aliphatic carbocycles. The van der Waals surface area contributed by atoms with Crippen LogP contribution in [0.25, 0.3) is 0 Å². The molecule has 24 heavy (non-hydrogen) atoms. The number of likely N-dealkylation sites (tertiary alicyclic amines) is 1. The Morgan fingerprint density at radius 2 is 2.29 bits per heavy atom. The Morgan fingerprint density at radius 3 is 2.92 bits per heavy atom. The molecule has 1 aliphatic rings. The topological polar surface area (TPSA) is 78.8 Å². The van der Waals surface area contributed by atoms with E-state index in [1.54, 1.807) is 6.20 Å². The second-order valence-electron chi connectivity index (χ2n) is 6.48. The van der Waals surface area contributed by atoms with Crippen molar-refractivity contribution in [2.75, 3.05) is 13.1 Å². The van der Waals surface area contributed by atoms with Crippen LogP contribution in [0.4, 0.5) is 0 Å². The highest BCUT2D eigenvalue weighted by atomic mass is 16.2. The summed E-state index contributed by atoms with van der Waals surface area (Å²) >= 11 is 0. The van der Waals surface area contributed by atoms with Crippen LogP contribution in [0.15, 0.2) is 18.6 Å². The maximum absolute atomic E-state index is 12.3. The van der Waals surface area contributed by atoms with E-state index in [4.69, 9.17) is 0 Å². The highest BCUT2D eigenvalue weighted by Gasteiger charge is 2.37. The minimum Gasteiger partial charge on any atom is -0.336 e. The van der Waals surface area contributed by atoms with E-state index in [0.29, 0.717) is 18.9 Å². The van der Waals surface area contributed by atoms with Crippen LogP contribution in [0.5, 0.6) is 0 Å². The third kappa shape index (κ3) is 3.21. The molecule has 0 radical (unpaired) electrons. The zero-order chi connectivity index (χ0) is 17.1. The number of aromatic amines is 1. The Balaban J connectivity index is 1.73. The molecule has 0 unspecified atom stereocenters. The van der Waals surface area contributed by atoms with E-state index >= 15 is 0 Å². The standard InChI is InChI=1S/C17H26N6O/c1-4-23-15(24)6-5-13(16(23)17-19-7-8-22(17)3)10-18-11-14-12(2)9-20-21-14/h7-9,13,16,18H,4-6,10-11H2,1-3H3,(H,20,21)/t13-,16+/m1/s1. The van der Waals surface area contributed by atoms with Crippen molar-refractivity contribution in [2.45, 2.75) is 39.3 Å². The fourth-order valence-corrected chi connectivity index (χ4v) is 3.55. The van der Waals surface area contributed by atoms with Gasteiger partial charge < -0.3 is 14.8 Å². The lowest BCUT2D eigenvalue weighted by Crippen LogP contribution is -2.46. The highest BCUT2D eigenvalue weighted by Crippen LogP contribution is 2.35. The summed E-state index contributed by atoms with van der Waals surface area (Å²) in [6.45, 7) is 6.41. The lowest BCUT2D eigenvalue weighted by atomic mass is 9.87. The third-order valence-corrected chi connectivity index (χ3v) is 4.94. The first-order valence-electron chi connectivity index (χ1n) is 8.58. The van der Waals surface area contributed by atoms with Crippen molar-refractivity contribution >= 4 is 5.91 Å². The summed E-state index contributed by atoms with van der Waals surface area (Å²) in [5.41, 5.74) is 2.28. The fraction of sp³-hybridized carbons (Fsp3) is 0.588. The Morgan fingerprint density at radius 1 is 1.46 bits per heavy atom. The number of carbonyl (C=O) groups is 1. The number of amides is 1. The molecule has 1 fully saturated rings. The van der Waals surface area contributed by atoms with Crippen molar-refractivity contribution in [1.29, 1.82) is 0 Å². The van der Waals surface area contributed by atoms with E-state index in [0.717, 1.165) is 36.6 Å². The molecule has 7 heteroatoms. The molecule has 0 aromatic carbocycles. The highest BCUT2D eigenvalue weighted by molar-refractivity contribution is 5.77. The molecule has 130 valence electrons. The molecule has 0 saturated carbocycles. The number of H-pyrrole nitrogens is 1. The molecule has 2 N–H and O–H groups in total. The molecule has 1 saturated heterocycles. The number of piperidine rings is 1. The van der Waals surface area contributed by atoms with Gasteiger partial charge in [0.15, 0.2) is 0 Å². The summed E-state index contributed by atoms with van der Waals surface area (Å²) in [5.74, 6) is 1.55. The largest absolute Gasteiger partial charge is 0.336 e. The first kappa shape index (κ1) is 16.7. The van der Waals surface area contributed by atoms with Gasteiger partial charge in [0.1, 0.15) is 5.82 Å². The smallest absolute Gasteiger partial charge is 0.223 e. The SMILES string of the molecule is CCN1C(=O)CC[C@H](CNCc2[nH]ncc2C)[C@H]1c1nccn1C. The van der Waals surface area contributed by atoms with Crippen molar-refractivity contribution in [3.05, 3.63) is 35.7 Å². The summed E-state index contributed by atoms with van der Waals surface area (Å²) in [7, 11) is 1.99. The van der Waals surface area contributed by atoms with Gasteiger partial charge in [-0.2, -0.15) is 5.10 Å². The quantitative estimate of drug-likeness (QED) is 0.842. The van der Waals surface area contributed by atoms with E-state index in [-0.39, 0.29) is 11.9 Å². The monoisotopic (exact) mass is 330 g/mol. The number of nitrogens with one attached hydrogen (secondary N) is 2. The average Bonchev–Trinajstić information content (AvgIpc) is 3.17. The molecule has 3 rings (SSSR count). The van der Waals surface area contributed by atoms with Gasteiger partial charge in [-0.3, -0.25) is 9.89 Å². The maximum Gasteiger partial charge on any atom is 0.223 e. The van der Waals surface area contributed by atoms with Gasteiger partial charge in [0.2, 0.25) is 5.91 Å². The zero-order valence-electron chi connectivity index (χ0n) is 14.6. The van der Waals surface area contributed by atoms with Crippen LogP contribution in [-0.4, -0.2) is 43.6 Å². The molecule has 3 heterocycles. The van der Waals surface area contributed by atoms with Crippen LogP contribution in [0.2, 0.25) is 0 Å². The Labute approximate surface area is 142 Å². The second kappa shape index (κ2) is 7.17. The van der Waals surface area contributed by atoms with Crippen molar-refractivity contribution in [3.63, 3.8) is 0 Å². The van der Waals surface area contributed by atoms with Gasteiger partial charge in [0.05, 0.1) is 17.9 Å². The van der Waals surface area contributed by atoms with Crippen molar-refractivity contribution in [1.82, 2.24) is 30.0 Å². The van der Waals surface area contributed by atoms with Gasteiger partial charge >= 0.3 is 0 Å². The minimum atomic E-state index is 0.0339. The Hall–Kier alpha value is -2.15. The van der Waals surface area contributed by atoms with Crippen LogP contribution < -0.4 is 5.32 Å². The van der Waals surface area contributed by atoms with Gasteiger partial charge in [-0.1, -0.05) is 0 Å². The summed E-state index contributed by atoms with van der Waals surface area (Å²) in [4.78, 5) is 18.8. The number of hydrogen-bond donors (Lipinski definition) is 2. The summed E-state index contributed by atoms with van der Waals surface area (Å²) in [6.07, 6.45) is 7.10. The molecule has 1 aliphatic heterocycles. The van der Waals surface area contributed by atoms with Crippen molar-refractivity contribution in [3.8, 4) is 0 Å². The predicted octanol–water partition coefficient (Wildman–Crippen LogP) is 1.54. The maximum atomic E-state index is 12.3. The predicted molar refractivity (Wildman–Crippen MR) is 91.1 cm³/mol. The summed E-state index contributed by atoms with van der Waals surface area (Å²) < 4.78 is 2.03. The number of imidazole rings is 1. The van der Waals surface area contributed by atoms with E-state index in [1.165, 1.54) is 0 Å². The number of carbonyl (C=O) groups excluding carboxylic acids is 1. The van der Waals surface area contributed by atoms with E-state index < -0.39 is 0 Å². The number of rotatable bonds is 6. The van der Waals surface area contributed by atoms with Crippen molar-refractivity contribution < 1.29 is 4.79 Å². The van der Waals surface area contributed by atoms with E-state index in [9.17, 15) is 4.79 Å². The molecule has 0 bridgehead atoms. The molecule has 7 nitrogen and oxygen atoms in total. The van der Waals surface area contributed by atoms with Gasteiger partial charge in [-0.25, -0.2) is 4.98 Å². The molecule has 2 aromatic rings. The first-order valence-corrected chi connectivity index (χ1v) is 8.58. The summed E-state index contributed by atoms with van der Waals surface area (Å²) in [6, 6.07) is 0.0339. The van der Waals surface area contributed by atoms with E-state index in [1.807, 2.05) is 35.8 Å². The molecule has 0 spiro atoms. The average molecular weight is 330 g/mol. The Bertz CT molecular complexity index is 691. The van der Waals surface area contributed by atoms with E-state index in [2.05, 4.69) is 27.4 Å². The third-order valence-electron chi connectivity index (χ3n) is 4.94. The first-order chi connectivity index (χ1) is 11.6. The summed E-state index contributed by atoms with van der Waals surface area (Å²) in [5, 5.41) is 10.6. The number of aryl methyl sites for hydroxylation is 2. The minimum absolute atomic E-state index is 0.0339. The lowest BCUT2D eigenvalue weighted by Gasteiger charge is -2.40. The second-order valence-corrected chi connectivity index (χ2v) is 6.48. The number of hydrogen-bond acceptors (Lipinski definition) is 4. The molecule has 2 atom stereocenters. The normalized spacial score (nSPS) is 21.5. The van der Waals surface area contributed by atoms with Crippen LogP contribution >= 0.6 is 0 Å². The molecule has 1 amide bonds. The lowest BCUT2D eigenvalue weighted by molar-refractivity contribution is -0.139. The molecular weight excluding hydrogens is 304 g/mol. The zero-order valence-corrected chi connectivity index (χ0v) is 14.6. The molecular formula is C17H26N6O. The van der Waals surface area contributed by atoms with Crippen LogP contribution in [0, 0.1) is 12.8 Å². The van der Waals surface area contributed by atoms with Crippen LogP contribution in [-0.2, 0) is 18.4 Å². The number of aromatic nitrogens is 4.